The number of fused-ring (bicyclic) bond motifs is 1. The average molecular weight is 396 g/mol. The van der Waals surface area contributed by atoms with Crippen LogP contribution in [0.1, 0.15) is 27.2 Å². The third-order valence-corrected chi connectivity index (χ3v) is 9.20. The Balaban J connectivity index is 2.09. The van der Waals surface area contributed by atoms with Crippen LogP contribution >= 0.6 is 0 Å². The molecule has 0 aliphatic heterocycles. The number of hydrogen-bond donors (Lipinski definition) is 1. The summed E-state index contributed by atoms with van der Waals surface area (Å²) in [5, 5.41) is 24.3. The Labute approximate surface area is 157 Å². The predicted octanol–water partition coefficient (Wildman–Crippen LogP) is 3.66. The summed E-state index contributed by atoms with van der Waals surface area (Å²) in [5.41, 5.74) is -0.279. The van der Waals surface area contributed by atoms with E-state index in [4.69, 9.17) is 9.16 Å². The van der Waals surface area contributed by atoms with E-state index in [2.05, 4.69) is 43.9 Å². The van der Waals surface area contributed by atoms with Crippen LogP contribution in [0, 0.1) is 10.1 Å². The molecule has 0 atom stereocenters. The number of rotatable bonds is 7. The van der Waals surface area contributed by atoms with Gasteiger partial charge in [-0.2, -0.15) is 0 Å². The van der Waals surface area contributed by atoms with Gasteiger partial charge in [0, 0.05) is 19.1 Å². The second-order valence-corrected chi connectivity index (χ2v) is 12.4. The second-order valence-electron chi connectivity index (χ2n) is 7.63. The minimum atomic E-state index is -1.85. The number of carboxylic acid groups (broad SMARTS) is 1. The molecule has 2 rings (SSSR count). The van der Waals surface area contributed by atoms with Crippen LogP contribution in [0.5, 0.6) is 5.88 Å². The third kappa shape index (κ3) is 4.60. The number of nitro groups is 1. The summed E-state index contributed by atoms with van der Waals surface area (Å²) in [4.78, 5) is 25.4. The number of pyridine rings is 1. The van der Waals surface area contributed by atoms with Crippen LogP contribution in [0.15, 0.2) is 12.3 Å². The van der Waals surface area contributed by atoms with Gasteiger partial charge in [0.15, 0.2) is 14.0 Å². The molecule has 10 nitrogen and oxygen atoms in total. The van der Waals surface area contributed by atoms with Gasteiger partial charge in [0.2, 0.25) is 5.88 Å². The lowest BCUT2D eigenvalue weighted by Crippen LogP contribution is -2.41. The number of nitrogens with zero attached hydrogens (tertiary/aromatic N) is 4. The summed E-state index contributed by atoms with van der Waals surface area (Å²) in [5.74, 6) is -0.00377. The summed E-state index contributed by atoms with van der Waals surface area (Å²) >= 11 is 0. The van der Waals surface area contributed by atoms with E-state index in [0.29, 0.717) is 17.7 Å². The van der Waals surface area contributed by atoms with Gasteiger partial charge in [-0.3, -0.25) is 10.1 Å². The fourth-order valence-electron chi connectivity index (χ4n) is 2.08. The highest BCUT2D eigenvalue weighted by molar-refractivity contribution is 6.74. The van der Waals surface area contributed by atoms with E-state index in [1.54, 1.807) is 0 Å². The Morgan fingerprint density at radius 3 is 2.59 bits per heavy atom. The van der Waals surface area contributed by atoms with E-state index in [0.717, 1.165) is 6.20 Å². The van der Waals surface area contributed by atoms with Crippen molar-refractivity contribution in [3.8, 4) is 5.88 Å². The first-order chi connectivity index (χ1) is 12.4. The normalized spacial score (nSPS) is 12.3. The van der Waals surface area contributed by atoms with Crippen LogP contribution in [0.2, 0.25) is 18.1 Å². The molecule has 0 saturated heterocycles. The Kier molecular flexibility index (Phi) is 5.85. The quantitative estimate of drug-likeness (QED) is 0.325. The monoisotopic (exact) mass is 396 g/mol. The standard InChI is InChI=1S/C16H24N4O6Si/c1-16(2,3)27(4,5)26-8-6-7-25-14-12-9-11(20(23)24)10-17-13(12)19(18-14)15(21)22/h9-10H,6-8H2,1-5H3,(H,21,22). The van der Waals surface area contributed by atoms with Crippen LogP contribution in [0.25, 0.3) is 11.0 Å². The minimum Gasteiger partial charge on any atom is -0.476 e. The van der Waals surface area contributed by atoms with E-state index in [9.17, 15) is 20.0 Å². The topological polar surface area (TPSA) is 130 Å². The maximum Gasteiger partial charge on any atom is 0.434 e. The molecular weight excluding hydrogens is 372 g/mol. The highest BCUT2D eigenvalue weighted by atomic mass is 28.4. The smallest absolute Gasteiger partial charge is 0.434 e. The van der Waals surface area contributed by atoms with Crippen LogP contribution < -0.4 is 4.74 Å². The van der Waals surface area contributed by atoms with Gasteiger partial charge in [-0.1, -0.05) is 20.8 Å². The summed E-state index contributed by atoms with van der Waals surface area (Å²) in [6, 6.07) is 1.20. The highest BCUT2D eigenvalue weighted by Crippen LogP contribution is 2.36. The Bertz CT molecular complexity index is 858. The van der Waals surface area contributed by atoms with Crippen molar-refractivity contribution in [1.29, 1.82) is 0 Å². The van der Waals surface area contributed by atoms with Gasteiger partial charge in [-0.25, -0.2) is 9.78 Å². The van der Waals surface area contributed by atoms with Crippen molar-refractivity contribution in [2.75, 3.05) is 13.2 Å². The van der Waals surface area contributed by atoms with Gasteiger partial charge in [-0.05, 0) is 18.1 Å². The Morgan fingerprint density at radius 1 is 1.37 bits per heavy atom. The van der Waals surface area contributed by atoms with Gasteiger partial charge in [-0.15, -0.1) is 9.78 Å². The van der Waals surface area contributed by atoms with Crippen molar-refractivity contribution < 1.29 is 24.0 Å². The van der Waals surface area contributed by atoms with E-state index < -0.39 is 19.3 Å². The van der Waals surface area contributed by atoms with Crippen LogP contribution in [0.3, 0.4) is 0 Å². The molecule has 0 saturated carbocycles. The van der Waals surface area contributed by atoms with E-state index in [1.165, 1.54) is 6.07 Å². The Hall–Kier alpha value is -2.53. The molecule has 0 spiro atoms. The van der Waals surface area contributed by atoms with Crippen molar-refractivity contribution in [2.45, 2.75) is 45.3 Å². The zero-order valence-corrected chi connectivity index (χ0v) is 17.1. The molecule has 0 amide bonds. The molecule has 11 heteroatoms. The minimum absolute atomic E-state index is 0.00377. The molecule has 27 heavy (non-hydrogen) atoms. The maximum atomic E-state index is 11.3. The summed E-state index contributed by atoms with van der Waals surface area (Å²) in [6.07, 6.45) is 0.216. The third-order valence-electron chi connectivity index (χ3n) is 4.66. The lowest BCUT2D eigenvalue weighted by molar-refractivity contribution is -0.385. The first-order valence-electron chi connectivity index (χ1n) is 8.47. The fourth-order valence-corrected chi connectivity index (χ4v) is 3.16. The van der Waals surface area contributed by atoms with Crippen LogP contribution in [-0.4, -0.2) is 52.4 Å². The number of ether oxygens (including phenoxy) is 1. The molecule has 0 fully saturated rings. The van der Waals surface area contributed by atoms with Crippen molar-refractivity contribution >= 4 is 31.1 Å². The molecule has 148 valence electrons. The van der Waals surface area contributed by atoms with Crippen molar-refractivity contribution in [3.05, 3.63) is 22.4 Å². The highest BCUT2D eigenvalue weighted by Gasteiger charge is 2.36. The molecule has 0 bridgehead atoms. The van der Waals surface area contributed by atoms with Gasteiger partial charge in [0.1, 0.15) is 6.20 Å². The SMILES string of the molecule is CC(C)(C)[Si](C)(C)OCCCOc1nn(C(=O)O)c2ncc([N+](=O)[O-])cc12. The summed E-state index contributed by atoms with van der Waals surface area (Å²) in [6.45, 7) is 11.5. The maximum absolute atomic E-state index is 11.3. The summed E-state index contributed by atoms with van der Waals surface area (Å²) < 4.78 is 12.3. The first-order valence-corrected chi connectivity index (χ1v) is 11.4. The van der Waals surface area contributed by atoms with E-state index in [1.807, 2.05) is 0 Å². The first kappa shape index (κ1) is 20.8. The molecular formula is C16H24N4O6Si. The molecule has 0 aromatic carbocycles. The molecule has 2 aromatic rings. The van der Waals surface area contributed by atoms with Crippen molar-refractivity contribution in [2.24, 2.45) is 0 Å². The second kappa shape index (κ2) is 7.60. The zero-order valence-electron chi connectivity index (χ0n) is 16.1. The molecule has 0 aliphatic carbocycles. The largest absolute Gasteiger partial charge is 0.476 e. The molecule has 0 unspecified atom stereocenters. The molecule has 0 radical (unpaired) electrons. The lowest BCUT2D eigenvalue weighted by atomic mass is 10.2. The van der Waals surface area contributed by atoms with Crippen LogP contribution in [0.4, 0.5) is 10.5 Å². The number of aromatic nitrogens is 3. The van der Waals surface area contributed by atoms with E-state index >= 15 is 0 Å². The van der Waals surface area contributed by atoms with Gasteiger partial charge in [0.25, 0.3) is 5.69 Å². The van der Waals surface area contributed by atoms with Gasteiger partial charge in [0.05, 0.1) is 16.9 Å². The molecule has 2 aromatic heterocycles. The van der Waals surface area contributed by atoms with Crippen LogP contribution in [-0.2, 0) is 4.43 Å². The van der Waals surface area contributed by atoms with Gasteiger partial charge >= 0.3 is 6.09 Å². The van der Waals surface area contributed by atoms with E-state index in [-0.39, 0.29) is 34.2 Å². The average Bonchev–Trinajstić information content (AvgIpc) is 2.91. The van der Waals surface area contributed by atoms with Crippen molar-refractivity contribution in [1.82, 2.24) is 14.8 Å². The lowest BCUT2D eigenvalue weighted by Gasteiger charge is -2.36. The summed E-state index contributed by atoms with van der Waals surface area (Å²) in [7, 11) is -1.85. The van der Waals surface area contributed by atoms with Crippen molar-refractivity contribution in [3.63, 3.8) is 0 Å². The molecule has 2 heterocycles. The predicted molar refractivity (Wildman–Crippen MR) is 101 cm³/mol. The molecule has 1 N–H and O–H groups in total. The van der Waals surface area contributed by atoms with Gasteiger partial charge < -0.3 is 14.3 Å². The Morgan fingerprint density at radius 2 is 2.04 bits per heavy atom. The zero-order chi connectivity index (χ0) is 20.4. The fraction of sp³-hybridized carbons (Fsp3) is 0.562. The number of hydrogen-bond acceptors (Lipinski definition) is 7. The molecule has 0 aliphatic rings. The number of carbonyl (C=O) groups is 1.